The molecule has 0 atom stereocenters. The molecule has 0 spiro atoms. The summed E-state index contributed by atoms with van der Waals surface area (Å²) >= 11 is 1.22. The Bertz CT molecular complexity index is 1020. The fraction of sp³-hybridized carbons (Fsp3) is 0. The molecule has 0 aliphatic rings. The number of aromatic nitrogens is 2. The molecule has 0 bridgehead atoms. The molecule has 128 valence electrons. The molecule has 3 rings (SSSR count). The van der Waals surface area contributed by atoms with Gasteiger partial charge in [0.25, 0.3) is 5.91 Å². The Kier molecular flexibility index (Phi) is 4.92. The van der Waals surface area contributed by atoms with Crippen LogP contribution in [0, 0.1) is 11.3 Å². The van der Waals surface area contributed by atoms with Crippen molar-refractivity contribution in [1.82, 2.24) is 9.97 Å². The molecule has 0 unspecified atom stereocenters. The Hall–Kier alpha value is -3.70. The lowest BCUT2D eigenvalue weighted by Gasteiger charge is -2.02. The minimum absolute atomic E-state index is 0.162. The van der Waals surface area contributed by atoms with Crippen LogP contribution in [0.2, 0.25) is 0 Å². The number of benzene rings is 1. The number of hydrogen-bond acceptors (Lipinski definition) is 7. The van der Waals surface area contributed by atoms with Gasteiger partial charge in [0.15, 0.2) is 16.6 Å². The van der Waals surface area contributed by atoms with Crippen LogP contribution in [0.1, 0.15) is 5.56 Å². The Balaban J connectivity index is 1.78. The third kappa shape index (κ3) is 3.85. The van der Waals surface area contributed by atoms with Crippen molar-refractivity contribution in [2.24, 2.45) is 0 Å². The Morgan fingerprint density at radius 3 is 2.73 bits per heavy atom. The lowest BCUT2D eigenvalue weighted by atomic mass is 10.1. The molecule has 0 fully saturated rings. The Morgan fingerprint density at radius 1 is 1.19 bits per heavy atom. The van der Waals surface area contributed by atoms with E-state index >= 15 is 0 Å². The number of amides is 1. The molecule has 0 aliphatic carbocycles. The zero-order chi connectivity index (χ0) is 18.5. The number of carbonyl (C=O) groups is 1. The summed E-state index contributed by atoms with van der Waals surface area (Å²) in [5, 5.41) is 32.7. The van der Waals surface area contributed by atoms with Crippen LogP contribution < -0.4 is 5.32 Å². The maximum atomic E-state index is 12.3. The van der Waals surface area contributed by atoms with Crippen LogP contribution in [0.5, 0.6) is 11.5 Å². The summed E-state index contributed by atoms with van der Waals surface area (Å²) in [7, 11) is 0. The monoisotopic (exact) mass is 364 g/mol. The fourth-order valence-electron chi connectivity index (χ4n) is 2.07. The van der Waals surface area contributed by atoms with E-state index in [0.717, 1.165) is 0 Å². The molecule has 0 aliphatic heterocycles. The number of aromatic hydroxyl groups is 2. The number of nitriles is 1. The van der Waals surface area contributed by atoms with Crippen molar-refractivity contribution >= 4 is 28.5 Å². The lowest BCUT2D eigenvalue weighted by Crippen LogP contribution is -2.13. The SMILES string of the molecule is N#C/C(=C\c1ccc(O)c(O)c1)C(=O)Nc1nc(-c2ccccn2)cs1. The Morgan fingerprint density at radius 2 is 2.04 bits per heavy atom. The van der Waals surface area contributed by atoms with Gasteiger partial charge >= 0.3 is 0 Å². The second-order valence-corrected chi connectivity index (χ2v) is 5.98. The van der Waals surface area contributed by atoms with E-state index < -0.39 is 5.91 Å². The van der Waals surface area contributed by atoms with Gasteiger partial charge in [-0.2, -0.15) is 5.26 Å². The number of rotatable bonds is 4. The number of phenolic OH excluding ortho intramolecular Hbond substituents is 2. The number of nitrogens with zero attached hydrogens (tertiary/aromatic N) is 3. The van der Waals surface area contributed by atoms with Crippen LogP contribution in [-0.2, 0) is 4.79 Å². The molecular formula is C18H12N4O3S. The van der Waals surface area contributed by atoms with Crippen molar-refractivity contribution in [1.29, 1.82) is 5.26 Å². The van der Waals surface area contributed by atoms with Crippen LogP contribution in [0.25, 0.3) is 17.5 Å². The lowest BCUT2D eigenvalue weighted by molar-refractivity contribution is -0.112. The number of thiazole rings is 1. The fourth-order valence-corrected chi connectivity index (χ4v) is 2.77. The van der Waals surface area contributed by atoms with Gasteiger partial charge in [0.1, 0.15) is 17.3 Å². The van der Waals surface area contributed by atoms with Crippen LogP contribution in [-0.4, -0.2) is 26.1 Å². The van der Waals surface area contributed by atoms with Gasteiger partial charge in [0, 0.05) is 11.6 Å². The van der Waals surface area contributed by atoms with Crippen molar-refractivity contribution in [3.63, 3.8) is 0 Å². The molecular weight excluding hydrogens is 352 g/mol. The third-order valence-corrected chi connectivity index (χ3v) is 4.09. The molecule has 3 aromatic rings. The van der Waals surface area contributed by atoms with Crippen LogP contribution in [0.4, 0.5) is 5.13 Å². The van der Waals surface area contributed by atoms with E-state index in [9.17, 15) is 20.3 Å². The second-order valence-electron chi connectivity index (χ2n) is 5.12. The predicted octanol–water partition coefficient (Wildman–Crippen LogP) is 3.16. The van der Waals surface area contributed by atoms with Crippen LogP contribution in [0.3, 0.4) is 0 Å². The molecule has 2 aromatic heterocycles. The quantitative estimate of drug-likeness (QED) is 0.372. The van der Waals surface area contributed by atoms with Gasteiger partial charge in [-0.25, -0.2) is 4.98 Å². The van der Waals surface area contributed by atoms with Crippen molar-refractivity contribution < 1.29 is 15.0 Å². The van der Waals surface area contributed by atoms with Gasteiger partial charge in [-0.15, -0.1) is 11.3 Å². The highest BCUT2D eigenvalue weighted by Crippen LogP contribution is 2.26. The average molecular weight is 364 g/mol. The van der Waals surface area contributed by atoms with E-state index in [1.807, 2.05) is 12.1 Å². The predicted molar refractivity (Wildman–Crippen MR) is 97.3 cm³/mol. The van der Waals surface area contributed by atoms with Crippen molar-refractivity contribution in [3.05, 3.63) is 59.1 Å². The molecule has 0 saturated carbocycles. The van der Waals surface area contributed by atoms with E-state index in [2.05, 4.69) is 15.3 Å². The highest BCUT2D eigenvalue weighted by atomic mass is 32.1. The first-order valence-corrected chi connectivity index (χ1v) is 8.27. The maximum absolute atomic E-state index is 12.3. The molecule has 3 N–H and O–H groups in total. The maximum Gasteiger partial charge on any atom is 0.268 e. The zero-order valence-corrected chi connectivity index (χ0v) is 14.1. The standard InChI is InChI=1S/C18H12N4O3S/c19-9-12(7-11-4-5-15(23)16(24)8-11)17(25)22-18-21-14(10-26-18)13-3-1-2-6-20-13/h1-8,10,23-24H,(H,21,22,25)/b12-7+. The van der Waals surface area contributed by atoms with Crippen molar-refractivity contribution in [3.8, 4) is 29.0 Å². The Labute approximate surface area is 152 Å². The summed E-state index contributed by atoms with van der Waals surface area (Å²) in [6.45, 7) is 0. The van der Waals surface area contributed by atoms with Crippen molar-refractivity contribution in [2.75, 3.05) is 5.32 Å². The van der Waals surface area contributed by atoms with E-state index in [0.29, 0.717) is 22.1 Å². The molecule has 1 amide bonds. The zero-order valence-electron chi connectivity index (χ0n) is 13.2. The van der Waals surface area contributed by atoms with E-state index in [1.54, 1.807) is 23.7 Å². The summed E-state index contributed by atoms with van der Waals surface area (Å²) in [5.74, 6) is -1.24. The van der Waals surface area contributed by atoms with E-state index in [-0.39, 0.29) is 17.1 Å². The van der Waals surface area contributed by atoms with Crippen LogP contribution >= 0.6 is 11.3 Å². The topological polar surface area (TPSA) is 119 Å². The minimum atomic E-state index is -0.623. The normalized spacial score (nSPS) is 11.0. The average Bonchev–Trinajstić information content (AvgIpc) is 3.11. The van der Waals surface area contributed by atoms with E-state index in [4.69, 9.17) is 0 Å². The molecule has 7 nitrogen and oxygen atoms in total. The number of carbonyl (C=O) groups excluding carboxylic acids is 1. The number of phenols is 2. The number of anilines is 1. The number of pyridine rings is 1. The summed E-state index contributed by atoms with van der Waals surface area (Å²) in [6.07, 6.45) is 2.96. The molecule has 8 heteroatoms. The number of hydrogen-bond donors (Lipinski definition) is 3. The smallest absolute Gasteiger partial charge is 0.268 e. The first-order chi connectivity index (χ1) is 12.6. The van der Waals surface area contributed by atoms with Gasteiger partial charge in [-0.05, 0) is 35.9 Å². The summed E-state index contributed by atoms with van der Waals surface area (Å²) in [6, 6.07) is 11.2. The van der Waals surface area contributed by atoms with Gasteiger partial charge in [0.05, 0.1) is 5.69 Å². The summed E-state index contributed by atoms with van der Waals surface area (Å²) in [5.41, 5.74) is 1.54. The number of nitrogens with one attached hydrogen (secondary N) is 1. The first kappa shape index (κ1) is 17.1. The highest BCUT2D eigenvalue weighted by molar-refractivity contribution is 7.14. The summed E-state index contributed by atoms with van der Waals surface area (Å²) < 4.78 is 0. The largest absolute Gasteiger partial charge is 0.504 e. The summed E-state index contributed by atoms with van der Waals surface area (Å²) in [4.78, 5) is 20.8. The van der Waals surface area contributed by atoms with Gasteiger partial charge in [0.2, 0.25) is 0 Å². The molecule has 1 aromatic carbocycles. The molecule has 0 radical (unpaired) electrons. The molecule has 0 saturated heterocycles. The highest BCUT2D eigenvalue weighted by Gasteiger charge is 2.13. The van der Waals surface area contributed by atoms with Gasteiger partial charge < -0.3 is 10.2 Å². The van der Waals surface area contributed by atoms with Crippen molar-refractivity contribution in [2.45, 2.75) is 0 Å². The van der Waals surface area contributed by atoms with Gasteiger partial charge in [-0.1, -0.05) is 12.1 Å². The van der Waals surface area contributed by atoms with Gasteiger partial charge in [-0.3, -0.25) is 15.1 Å². The minimum Gasteiger partial charge on any atom is -0.504 e. The first-order valence-electron chi connectivity index (χ1n) is 7.39. The second kappa shape index (κ2) is 7.46. The van der Waals surface area contributed by atoms with Crippen LogP contribution in [0.15, 0.2) is 53.5 Å². The molecule has 26 heavy (non-hydrogen) atoms. The molecule has 2 heterocycles. The third-order valence-electron chi connectivity index (χ3n) is 3.33. The van der Waals surface area contributed by atoms with E-state index in [1.165, 1.54) is 35.6 Å².